The Balaban J connectivity index is 1.58. The van der Waals surface area contributed by atoms with Crippen molar-refractivity contribution in [3.05, 3.63) is 53.1 Å². The van der Waals surface area contributed by atoms with Crippen LogP contribution < -0.4 is 4.90 Å². The molecule has 3 aromatic rings. The third kappa shape index (κ3) is 4.99. The minimum atomic E-state index is 0.0515. The topological polar surface area (TPSA) is 42.4 Å². The van der Waals surface area contributed by atoms with Gasteiger partial charge >= 0.3 is 0 Å². The van der Waals surface area contributed by atoms with Crippen molar-refractivity contribution in [3.63, 3.8) is 0 Å². The molecule has 158 valence electrons. The standard InChI is InChI=1S/C23H25ClN2O2S2/c1-15(2)19-6-3-7-20-22(19)25-23(30-20)26(13-17-5-4-12-28-17)21(27)14-29-18-10-8-16(24)9-11-18/h3,6-11,15,17H,4-5,12-14H2,1-2H3. The predicted molar refractivity (Wildman–Crippen MR) is 127 cm³/mol. The van der Waals surface area contributed by atoms with Gasteiger partial charge in [0, 0.05) is 16.5 Å². The molecule has 4 rings (SSSR count). The number of carbonyl (C=O) groups is 1. The van der Waals surface area contributed by atoms with Crippen LogP contribution in [0.4, 0.5) is 5.13 Å². The molecule has 1 amide bonds. The van der Waals surface area contributed by atoms with Crippen molar-refractivity contribution < 1.29 is 9.53 Å². The van der Waals surface area contributed by atoms with E-state index in [4.69, 9.17) is 21.3 Å². The smallest absolute Gasteiger partial charge is 0.239 e. The maximum atomic E-state index is 13.3. The highest BCUT2D eigenvalue weighted by Gasteiger charge is 2.26. The Bertz CT molecular complexity index is 1010. The van der Waals surface area contributed by atoms with Gasteiger partial charge in [0.2, 0.25) is 5.91 Å². The number of fused-ring (bicyclic) bond motifs is 1. The van der Waals surface area contributed by atoms with Gasteiger partial charge in [0.25, 0.3) is 0 Å². The molecule has 0 saturated carbocycles. The average molecular weight is 461 g/mol. The Labute approximate surface area is 190 Å². The van der Waals surface area contributed by atoms with E-state index in [0.717, 1.165) is 39.7 Å². The number of anilines is 1. The number of thiazole rings is 1. The first-order valence-electron chi connectivity index (χ1n) is 10.2. The minimum absolute atomic E-state index is 0.0515. The summed E-state index contributed by atoms with van der Waals surface area (Å²) in [7, 11) is 0. The van der Waals surface area contributed by atoms with E-state index in [0.29, 0.717) is 23.2 Å². The van der Waals surface area contributed by atoms with Crippen LogP contribution in [0, 0.1) is 0 Å². The highest BCUT2D eigenvalue weighted by atomic mass is 35.5. The molecule has 0 N–H and O–H groups in total. The van der Waals surface area contributed by atoms with Crippen LogP contribution in [0.1, 0.15) is 38.2 Å². The molecule has 2 aromatic carbocycles. The molecule has 30 heavy (non-hydrogen) atoms. The van der Waals surface area contributed by atoms with Crippen LogP contribution in [0.2, 0.25) is 5.02 Å². The molecule has 1 aromatic heterocycles. The maximum absolute atomic E-state index is 13.3. The molecule has 0 bridgehead atoms. The number of thioether (sulfide) groups is 1. The van der Waals surface area contributed by atoms with Crippen molar-refractivity contribution in [2.24, 2.45) is 0 Å². The maximum Gasteiger partial charge on any atom is 0.239 e. The molecular weight excluding hydrogens is 436 g/mol. The van der Waals surface area contributed by atoms with Gasteiger partial charge in [-0.15, -0.1) is 11.8 Å². The van der Waals surface area contributed by atoms with Gasteiger partial charge in [-0.1, -0.05) is 48.9 Å². The molecule has 7 heteroatoms. The summed E-state index contributed by atoms with van der Waals surface area (Å²) < 4.78 is 6.95. The number of amides is 1. The zero-order chi connectivity index (χ0) is 21.1. The summed E-state index contributed by atoms with van der Waals surface area (Å²) in [6, 6.07) is 13.9. The van der Waals surface area contributed by atoms with Crippen molar-refractivity contribution in [2.45, 2.75) is 43.6 Å². The van der Waals surface area contributed by atoms with Crippen LogP contribution in [0.15, 0.2) is 47.4 Å². The van der Waals surface area contributed by atoms with Crippen molar-refractivity contribution >= 4 is 56.0 Å². The molecule has 1 unspecified atom stereocenters. The zero-order valence-corrected chi connectivity index (χ0v) is 19.5. The fraction of sp³-hybridized carbons (Fsp3) is 0.391. The van der Waals surface area contributed by atoms with Crippen molar-refractivity contribution in [2.75, 3.05) is 23.8 Å². The molecule has 1 atom stereocenters. The normalized spacial score (nSPS) is 16.5. The molecule has 0 aliphatic carbocycles. The summed E-state index contributed by atoms with van der Waals surface area (Å²) in [6.07, 6.45) is 2.10. The fourth-order valence-corrected chi connectivity index (χ4v) is 5.50. The van der Waals surface area contributed by atoms with Crippen molar-refractivity contribution in [1.29, 1.82) is 0 Å². The predicted octanol–water partition coefficient (Wildman–Crippen LogP) is 6.38. The molecule has 1 saturated heterocycles. The first-order chi connectivity index (χ1) is 14.5. The van der Waals surface area contributed by atoms with E-state index in [1.54, 1.807) is 11.3 Å². The van der Waals surface area contributed by atoms with E-state index in [-0.39, 0.29) is 12.0 Å². The highest BCUT2D eigenvalue weighted by molar-refractivity contribution is 8.00. The van der Waals surface area contributed by atoms with E-state index in [2.05, 4.69) is 32.0 Å². The first-order valence-corrected chi connectivity index (χ1v) is 12.4. The van der Waals surface area contributed by atoms with E-state index in [1.165, 1.54) is 17.3 Å². The monoisotopic (exact) mass is 460 g/mol. The van der Waals surface area contributed by atoms with Crippen LogP contribution in [0.3, 0.4) is 0 Å². The molecule has 0 radical (unpaired) electrons. The Kier molecular flexibility index (Phi) is 6.98. The van der Waals surface area contributed by atoms with Gasteiger partial charge in [-0.2, -0.15) is 0 Å². The van der Waals surface area contributed by atoms with Crippen LogP contribution in [-0.4, -0.2) is 35.9 Å². The van der Waals surface area contributed by atoms with Crippen LogP contribution in [0.25, 0.3) is 10.2 Å². The number of benzene rings is 2. The van der Waals surface area contributed by atoms with E-state index in [1.807, 2.05) is 29.2 Å². The molecule has 4 nitrogen and oxygen atoms in total. The lowest BCUT2D eigenvalue weighted by Crippen LogP contribution is -2.38. The quantitative estimate of drug-likeness (QED) is 0.384. The summed E-state index contributed by atoms with van der Waals surface area (Å²) >= 11 is 9.07. The second kappa shape index (κ2) is 9.69. The highest BCUT2D eigenvalue weighted by Crippen LogP contribution is 2.34. The number of aromatic nitrogens is 1. The number of hydrogen-bond acceptors (Lipinski definition) is 5. The van der Waals surface area contributed by atoms with Gasteiger partial charge < -0.3 is 4.74 Å². The van der Waals surface area contributed by atoms with E-state index < -0.39 is 0 Å². The number of ether oxygens (including phenoxy) is 1. The van der Waals surface area contributed by atoms with Crippen LogP contribution >= 0.6 is 34.7 Å². The zero-order valence-electron chi connectivity index (χ0n) is 17.1. The number of rotatable bonds is 7. The molecular formula is C23H25ClN2O2S2. The summed E-state index contributed by atoms with van der Waals surface area (Å²) in [5.41, 5.74) is 2.22. The number of carbonyl (C=O) groups excluding carboxylic acids is 1. The summed E-state index contributed by atoms with van der Waals surface area (Å²) in [6.45, 7) is 5.66. The molecule has 1 aliphatic heterocycles. The van der Waals surface area contributed by atoms with Crippen molar-refractivity contribution in [1.82, 2.24) is 4.98 Å². The molecule has 1 aliphatic rings. The molecule has 1 fully saturated rings. The van der Waals surface area contributed by atoms with Crippen LogP contribution in [0.5, 0.6) is 0 Å². The SMILES string of the molecule is CC(C)c1cccc2sc(N(CC3CCCO3)C(=O)CSc3ccc(Cl)cc3)nc12. The number of hydrogen-bond donors (Lipinski definition) is 0. The lowest BCUT2D eigenvalue weighted by molar-refractivity contribution is -0.116. The fourth-order valence-electron chi connectivity index (χ4n) is 3.57. The van der Waals surface area contributed by atoms with Gasteiger partial charge in [-0.25, -0.2) is 4.98 Å². The summed E-state index contributed by atoms with van der Waals surface area (Å²) in [5, 5.41) is 1.46. The second-order valence-electron chi connectivity index (χ2n) is 7.73. The van der Waals surface area contributed by atoms with Gasteiger partial charge in [0.05, 0.1) is 28.6 Å². The third-order valence-corrected chi connectivity index (χ3v) is 7.47. The van der Waals surface area contributed by atoms with Crippen molar-refractivity contribution in [3.8, 4) is 0 Å². The lowest BCUT2D eigenvalue weighted by atomic mass is 10.0. The average Bonchev–Trinajstić information content (AvgIpc) is 3.40. The number of nitrogens with zero attached hydrogens (tertiary/aromatic N) is 2. The van der Waals surface area contributed by atoms with E-state index in [9.17, 15) is 4.79 Å². The number of para-hydroxylation sites is 1. The third-order valence-electron chi connectivity index (χ3n) is 5.18. The first kappa shape index (κ1) is 21.6. The Morgan fingerprint density at radius 1 is 1.30 bits per heavy atom. The largest absolute Gasteiger partial charge is 0.376 e. The Morgan fingerprint density at radius 3 is 2.80 bits per heavy atom. The van der Waals surface area contributed by atoms with Crippen LogP contribution in [-0.2, 0) is 9.53 Å². The lowest BCUT2D eigenvalue weighted by Gasteiger charge is -2.23. The Hall–Kier alpha value is -1.60. The minimum Gasteiger partial charge on any atom is -0.376 e. The van der Waals surface area contributed by atoms with Gasteiger partial charge in [0.15, 0.2) is 5.13 Å². The molecule has 2 heterocycles. The number of halogens is 1. The summed E-state index contributed by atoms with van der Waals surface area (Å²) in [5.74, 6) is 0.781. The van der Waals surface area contributed by atoms with Gasteiger partial charge in [-0.05, 0) is 54.7 Å². The molecule has 0 spiro atoms. The van der Waals surface area contributed by atoms with Gasteiger partial charge in [0.1, 0.15) is 0 Å². The summed E-state index contributed by atoms with van der Waals surface area (Å²) in [4.78, 5) is 21.0. The Morgan fingerprint density at radius 2 is 2.10 bits per heavy atom. The van der Waals surface area contributed by atoms with E-state index >= 15 is 0 Å². The van der Waals surface area contributed by atoms with Gasteiger partial charge in [-0.3, -0.25) is 9.69 Å². The second-order valence-corrected chi connectivity index (χ2v) is 10.2.